The van der Waals surface area contributed by atoms with Crippen LogP contribution in [0.3, 0.4) is 0 Å². The van der Waals surface area contributed by atoms with Crippen molar-refractivity contribution in [2.45, 2.75) is 16.4 Å². The number of alkyl halides is 3. The number of ether oxygens (including phenoxy) is 1. The second-order valence-electron chi connectivity index (χ2n) is 5.29. The highest BCUT2D eigenvalue weighted by Gasteiger charge is 2.33. The minimum Gasteiger partial charge on any atom is -0.497 e. The monoisotopic (exact) mass is 381 g/mol. The van der Waals surface area contributed by atoms with Crippen molar-refractivity contribution in [3.05, 3.63) is 29.8 Å². The minimum absolute atomic E-state index is 0.330. The third kappa shape index (κ3) is 7.59. The third-order valence-corrected chi connectivity index (χ3v) is 3.74. The van der Waals surface area contributed by atoms with Crippen molar-refractivity contribution in [2.24, 2.45) is 0 Å². The molecule has 8 heteroatoms. The van der Waals surface area contributed by atoms with Gasteiger partial charge in [-0.05, 0) is 57.9 Å². The summed E-state index contributed by atoms with van der Waals surface area (Å²) in [5.41, 5.74) is 0.458. The highest BCUT2D eigenvalue weighted by Crippen LogP contribution is 2.29. The SMILES string of the molecule is COc1ccc(C(=O)N[C@@H](NCCCN(C)C)C(Cl)(Cl)Cl)cc1. The molecule has 0 bridgehead atoms. The Morgan fingerprint density at radius 2 is 1.87 bits per heavy atom. The topological polar surface area (TPSA) is 53.6 Å². The Morgan fingerprint density at radius 1 is 1.26 bits per heavy atom. The molecule has 1 rings (SSSR count). The number of rotatable bonds is 8. The van der Waals surface area contributed by atoms with E-state index in [1.807, 2.05) is 14.1 Å². The molecule has 0 spiro atoms. The lowest BCUT2D eigenvalue weighted by atomic mass is 10.2. The molecule has 0 heterocycles. The van der Waals surface area contributed by atoms with Crippen LogP contribution in [-0.4, -0.2) is 55.1 Å². The zero-order valence-electron chi connectivity index (χ0n) is 13.4. The Morgan fingerprint density at radius 3 is 2.35 bits per heavy atom. The van der Waals surface area contributed by atoms with Gasteiger partial charge in [0.05, 0.1) is 7.11 Å². The fraction of sp³-hybridized carbons (Fsp3) is 0.533. The Labute approximate surface area is 152 Å². The molecular weight excluding hydrogens is 361 g/mol. The lowest BCUT2D eigenvalue weighted by molar-refractivity contribution is 0.0929. The number of nitrogens with one attached hydrogen (secondary N) is 2. The standard InChI is InChI=1S/C15H22Cl3N3O2/c1-21(2)10-4-9-19-14(15(16,17)18)20-13(22)11-5-7-12(23-3)8-6-11/h5-8,14,19H,4,9-10H2,1-3H3,(H,20,22)/t14-/m1/s1. The van der Waals surface area contributed by atoms with Crippen molar-refractivity contribution in [3.8, 4) is 5.75 Å². The predicted octanol–water partition coefficient (Wildman–Crippen LogP) is 2.66. The lowest BCUT2D eigenvalue weighted by Gasteiger charge is -2.27. The average molecular weight is 383 g/mol. The maximum Gasteiger partial charge on any atom is 0.252 e. The summed E-state index contributed by atoms with van der Waals surface area (Å²) in [6, 6.07) is 6.69. The quantitative estimate of drug-likeness (QED) is 0.412. The van der Waals surface area contributed by atoms with E-state index in [1.54, 1.807) is 31.4 Å². The maximum absolute atomic E-state index is 12.3. The Hall–Kier alpha value is -0.720. The van der Waals surface area contributed by atoms with Gasteiger partial charge in [0.1, 0.15) is 11.9 Å². The van der Waals surface area contributed by atoms with Crippen molar-refractivity contribution in [1.82, 2.24) is 15.5 Å². The average Bonchev–Trinajstić information content (AvgIpc) is 2.48. The predicted molar refractivity (Wildman–Crippen MR) is 95.7 cm³/mol. The number of benzene rings is 1. The number of nitrogens with zero attached hydrogens (tertiary/aromatic N) is 1. The highest BCUT2D eigenvalue weighted by atomic mass is 35.6. The number of methoxy groups -OCH3 is 1. The van der Waals surface area contributed by atoms with E-state index in [4.69, 9.17) is 39.5 Å². The zero-order chi connectivity index (χ0) is 17.5. The first-order valence-corrected chi connectivity index (χ1v) is 8.27. The van der Waals surface area contributed by atoms with Gasteiger partial charge in [-0.15, -0.1) is 0 Å². The highest BCUT2D eigenvalue weighted by molar-refractivity contribution is 6.68. The molecule has 0 aliphatic carbocycles. The minimum atomic E-state index is -1.65. The maximum atomic E-state index is 12.3. The zero-order valence-corrected chi connectivity index (χ0v) is 15.7. The molecule has 0 aromatic heterocycles. The molecule has 23 heavy (non-hydrogen) atoms. The van der Waals surface area contributed by atoms with E-state index in [0.29, 0.717) is 17.9 Å². The van der Waals surface area contributed by atoms with Gasteiger partial charge < -0.3 is 15.0 Å². The third-order valence-electron chi connectivity index (χ3n) is 3.09. The molecular formula is C15H22Cl3N3O2. The Bertz CT molecular complexity index is 490. The largest absolute Gasteiger partial charge is 0.497 e. The molecule has 130 valence electrons. The molecule has 1 aromatic carbocycles. The molecule has 1 aromatic rings. The summed E-state index contributed by atoms with van der Waals surface area (Å²) in [6.45, 7) is 1.51. The van der Waals surface area contributed by atoms with Crippen LogP contribution >= 0.6 is 34.8 Å². The van der Waals surface area contributed by atoms with Gasteiger partial charge in [0.2, 0.25) is 3.79 Å². The summed E-state index contributed by atoms with van der Waals surface area (Å²) in [5, 5.41) is 5.76. The van der Waals surface area contributed by atoms with Crippen LogP contribution in [0, 0.1) is 0 Å². The number of halogens is 3. The molecule has 5 nitrogen and oxygen atoms in total. The molecule has 0 fully saturated rings. The number of carbonyl (C=O) groups is 1. The summed E-state index contributed by atoms with van der Waals surface area (Å²) in [5.74, 6) is 0.338. The molecule has 0 saturated carbocycles. The molecule has 0 aliphatic heterocycles. The van der Waals surface area contributed by atoms with Gasteiger partial charge in [0.25, 0.3) is 5.91 Å². The smallest absolute Gasteiger partial charge is 0.252 e. The van der Waals surface area contributed by atoms with Crippen LogP contribution in [0.1, 0.15) is 16.8 Å². The van der Waals surface area contributed by atoms with Gasteiger partial charge in [0, 0.05) is 5.56 Å². The Kier molecular flexibility index (Phi) is 8.44. The first-order chi connectivity index (χ1) is 10.7. The van der Waals surface area contributed by atoms with Crippen LogP contribution in [0.4, 0.5) is 0 Å². The van der Waals surface area contributed by atoms with Crippen LogP contribution < -0.4 is 15.4 Å². The summed E-state index contributed by atoms with van der Waals surface area (Å²) < 4.78 is 3.41. The summed E-state index contributed by atoms with van der Waals surface area (Å²) in [7, 11) is 5.53. The van der Waals surface area contributed by atoms with E-state index in [9.17, 15) is 4.79 Å². The summed E-state index contributed by atoms with van der Waals surface area (Å²) in [6.07, 6.45) is 0.0760. The van der Waals surface area contributed by atoms with Gasteiger partial charge in [0.15, 0.2) is 0 Å². The van der Waals surface area contributed by atoms with Gasteiger partial charge in [-0.3, -0.25) is 10.1 Å². The number of amides is 1. The van der Waals surface area contributed by atoms with Crippen molar-refractivity contribution >= 4 is 40.7 Å². The fourth-order valence-corrected chi connectivity index (χ4v) is 2.24. The molecule has 0 radical (unpaired) electrons. The number of carbonyl (C=O) groups excluding carboxylic acids is 1. The number of hydrogen-bond donors (Lipinski definition) is 2. The van der Waals surface area contributed by atoms with Gasteiger partial charge in [-0.2, -0.15) is 0 Å². The van der Waals surface area contributed by atoms with E-state index >= 15 is 0 Å². The van der Waals surface area contributed by atoms with Gasteiger partial charge >= 0.3 is 0 Å². The summed E-state index contributed by atoms with van der Waals surface area (Å²) in [4.78, 5) is 14.3. The van der Waals surface area contributed by atoms with E-state index in [-0.39, 0.29) is 5.91 Å². The van der Waals surface area contributed by atoms with E-state index in [1.165, 1.54) is 0 Å². The summed E-state index contributed by atoms with van der Waals surface area (Å²) >= 11 is 17.8. The molecule has 0 saturated heterocycles. The molecule has 2 N–H and O–H groups in total. The first-order valence-electron chi connectivity index (χ1n) is 7.14. The molecule has 1 amide bonds. The Balaban J connectivity index is 2.63. The lowest BCUT2D eigenvalue weighted by Crippen LogP contribution is -2.53. The van der Waals surface area contributed by atoms with E-state index < -0.39 is 9.96 Å². The fourth-order valence-electron chi connectivity index (χ4n) is 1.85. The molecule has 0 aliphatic rings. The molecule has 0 unspecified atom stereocenters. The first kappa shape index (κ1) is 20.3. The van der Waals surface area contributed by atoms with Crippen molar-refractivity contribution in [1.29, 1.82) is 0 Å². The molecule has 1 atom stereocenters. The van der Waals surface area contributed by atoms with E-state index in [0.717, 1.165) is 13.0 Å². The van der Waals surface area contributed by atoms with Crippen molar-refractivity contribution < 1.29 is 9.53 Å². The van der Waals surface area contributed by atoms with Crippen LogP contribution in [0.2, 0.25) is 0 Å². The van der Waals surface area contributed by atoms with Crippen LogP contribution in [-0.2, 0) is 0 Å². The normalized spacial score (nSPS) is 13.0. The van der Waals surface area contributed by atoms with Crippen molar-refractivity contribution in [3.63, 3.8) is 0 Å². The second-order valence-corrected chi connectivity index (χ2v) is 7.66. The van der Waals surface area contributed by atoms with Crippen molar-refractivity contribution in [2.75, 3.05) is 34.3 Å². The van der Waals surface area contributed by atoms with Crippen LogP contribution in [0.25, 0.3) is 0 Å². The van der Waals surface area contributed by atoms with Crippen LogP contribution in [0.5, 0.6) is 5.75 Å². The number of hydrogen-bond acceptors (Lipinski definition) is 4. The van der Waals surface area contributed by atoms with E-state index in [2.05, 4.69) is 15.5 Å². The van der Waals surface area contributed by atoms with Crippen LogP contribution in [0.15, 0.2) is 24.3 Å². The van der Waals surface area contributed by atoms with Gasteiger partial charge in [-0.1, -0.05) is 34.8 Å². The van der Waals surface area contributed by atoms with Gasteiger partial charge in [-0.25, -0.2) is 0 Å². The second kappa shape index (κ2) is 9.55.